The zero-order chi connectivity index (χ0) is 13.7. The molecule has 0 N–H and O–H groups in total. The summed E-state index contributed by atoms with van der Waals surface area (Å²) in [5.74, 6) is 1.71. The molecule has 1 aromatic rings. The Morgan fingerprint density at radius 1 is 1.11 bits per heavy atom. The highest BCUT2D eigenvalue weighted by molar-refractivity contribution is 5.26. The van der Waals surface area contributed by atoms with Gasteiger partial charge < -0.3 is 0 Å². The summed E-state index contributed by atoms with van der Waals surface area (Å²) in [6.45, 7) is 3.92. The van der Waals surface area contributed by atoms with Gasteiger partial charge in [-0.15, -0.1) is 0 Å². The molecule has 106 valence electrons. The van der Waals surface area contributed by atoms with Crippen LogP contribution in [0.5, 0.6) is 0 Å². The molecule has 0 nitrogen and oxygen atoms in total. The van der Waals surface area contributed by atoms with E-state index in [2.05, 4.69) is 31.2 Å². The van der Waals surface area contributed by atoms with E-state index in [0.717, 1.165) is 17.4 Å². The molecule has 0 radical (unpaired) electrons. The zero-order valence-corrected chi connectivity index (χ0v) is 12.4. The summed E-state index contributed by atoms with van der Waals surface area (Å²) in [4.78, 5) is 0. The Morgan fingerprint density at radius 3 is 2.26 bits per heavy atom. The molecular formula is C18H27F. The maximum absolute atomic E-state index is 13.0. The van der Waals surface area contributed by atoms with E-state index >= 15 is 0 Å². The Morgan fingerprint density at radius 2 is 1.74 bits per heavy atom. The minimum absolute atomic E-state index is 0.545. The fourth-order valence-electron chi connectivity index (χ4n) is 3.44. The summed E-state index contributed by atoms with van der Waals surface area (Å²) in [6, 6.07) is 8.68. The highest BCUT2D eigenvalue weighted by Gasteiger charge is 2.21. The Bertz CT molecular complexity index is 358. The van der Waals surface area contributed by atoms with Gasteiger partial charge in [-0.25, -0.2) is 4.39 Å². The van der Waals surface area contributed by atoms with Crippen molar-refractivity contribution in [1.29, 1.82) is 0 Å². The van der Waals surface area contributed by atoms with Gasteiger partial charge in [0, 0.05) is 6.42 Å². The molecule has 1 aromatic carbocycles. The first-order valence-electron chi connectivity index (χ1n) is 7.92. The van der Waals surface area contributed by atoms with Crippen molar-refractivity contribution in [2.75, 3.05) is 0 Å². The molecule has 0 amide bonds. The average Bonchev–Trinajstić information content (AvgIpc) is 2.40. The van der Waals surface area contributed by atoms with Crippen molar-refractivity contribution in [2.24, 2.45) is 5.92 Å². The SMILES string of the molecule is CCCC1CCC(c2ccc(CC(C)F)cc2)CC1. The van der Waals surface area contributed by atoms with Crippen molar-refractivity contribution in [3.8, 4) is 0 Å². The Labute approximate surface area is 117 Å². The molecule has 0 aliphatic heterocycles. The molecule has 0 spiro atoms. The average molecular weight is 262 g/mol. The second-order valence-electron chi connectivity index (χ2n) is 6.23. The van der Waals surface area contributed by atoms with E-state index in [1.807, 2.05) is 0 Å². The largest absolute Gasteiger partial charge is 0.247 e. The normalized spacial score (nSPS) is 25.2. The van der Waals surface area contributed by atoms with Crippen molar-refractivity contribution in [1.82, 2.24) is 0 Å². The van der Waals surface area contributed by atoms with Crippen LogP contribution < -0.4 is 0 Å². The topological polar surface area (TPSA) is 0 Å². The maximum Gasteiger partial charge on any atom is 0.101 e. The van der Waals surface area contributed by atoms with E-state index < -0.39 is 6.17 Å². The van der Waals surface area contributed by atoms with Crippen molar-refractivity contribution < 1.29 is 4.39 Å². The van der Waals surface area contributed by atoms with Gasteiger partial charge in [-0.1, -0.05) is 44.0 Å². The molecule has 2 rings (SSSR count). The smallest absolute Gasteiger partial charge is 0.101 e. The van der Waals surface area contributed by atoms with Crippen molar-refractivity contribution in [2.45, 2.75) is 70.9 Å². The van der Waals surface area contributed by atoms with Crippen LogP contribution in [0.4, 0.5) is 4.39 Å². The first-order chi connectivity index (χ1) is 9.19. The van der Waals surface area contributed by atoms with Gasteiger partial charge in [-0.3, -0.25) is 0 Å². The standard InChI is InChI=1S/C18H27F/c1-3-4-15-5-9-17(10-6-15)18-11-7-16(8-12-18)13-14(2)19/h7-8,11-12,14-15,17H,3-6,9-10,13H2,1-2H3. The van der Waals surface area contributed by atoms with E-state index in [-0.39, 0.29) is 0 Å². The summed E-state index contributed by atoms with van der Waals surface area (Å²) in [5, 5.41) is 0. The van der Waals surface area contributed by atoms with Gasteiger partial charge in [0.1, 0.15) is 6.17 Å². The lowest BCUT2D eigenvalue weighted by Crippen LogP contribution is -2.13. The predicted octanol–water partition coefficient (Wildman–Crippen LogP) is 5.66. The molecule has 19 heavy (non-hydrogen) atoms. The minimum Gasteiger partial charge on any atom is -0.247 e. The Kier molecular flexibility index (Phi) is 5.42. The molecule has 1 aliphatic rings. The van der Waals surface area contributed by atoms with Gasteiger partial charge in [-0.2, -0.15) is 0 Å². The van der Waals surface area contributed by atoms with E-state index in [1.54, 1.807) is 6.92 Å². The van der Waals surface area contributed by atoms with Crippen LogP contribution in [0.3, 0.4) is 0 Å². The number of hydrogen-bond donors (Lipinski definition) is 0. The quantitative estimate of drug-likeness (QED) is 0.642. The number of rotatable bonds is 5. The number of alkyl halides is 1. The monoisotopic (exact) mass is 262 g/mol. The maximum atomic E-state index is 13.0. The van der Waals surface area contributed by atoms with Crippen LogP contribution in [0.25, 0.3) is 0 Å². The third-order valence-corrected chi connectivity index (χ3v) is 4.51. The van der Waals surface area contributed by atoms with Crippen LogP contribution in [0, 0.1) is 5.92 Å². The molecule has 0 aromatic heterocycles. The van der Waals surface area contributed by atoms with Gasteiger partial charge >= 0.3 is 0 Å². The molecule has 1 atom stereocenters. The molecule has 0 saturated heterocycles. The van der Waals surface area contributed by atoms with Crippen LogP contribution in [0.1, 0.15) is 69.4 Å². The molecule has 1 fully saturated rings. The van der Waals surface area contributed by atoms with E-state index in [0.29, 0.717) is 6.42 Å². The first-order valence-corrected chi connectivity index (χ1v) is 7.92. The van der Waals surface area contributed by atoms with E-state index in [9.17, 15) is 4.39 Å². The molecule has 1 unspecified atom stereocenters. The van der Waals surface area contributed by atoms with Crippen molar-refractivity contribution in [3.63, 3.8) is 0 Å². The molecular weight excluding hydrogens is 235 g/mol. The van der Waals surface area contributed by atoms with Gasteiger partial charge in [0.15, 0.2) is 0 Å². The van der Waals surface area contributed by atoms with E-state index in [1.165, 1.54) is 44.1 Å². The van der Waals surface area contributed by atoms with Gasteiger partial charge in [0.2, 0.25) is 0 Å². The summed E-state index contributed by atoms with van der Waals surface area (Å²) >= 11 is 0. The lowest BCUT2D eigenvalue weighted by Gasteiger charge is -2.28. The Hall–Kier alpha value is -0.850. The molecule has 0 bridgehead atoms. The van der Waals surface area contributed by atoms with Crippen LogP contribution in [-0.4, -0.2) is 6.17 Å². The number of hydrogen-bond acceptors (Lipinski definition) is 0. The number of halogens is 1. The van der Waals surface area contributed by atoms with Gasteiger partial charge in [0.25, 0.3) is 0 Å². The number of benzene rings is 1. The van der Waals surface area contributed by atoms with Crippen LogP contribution in [-0.2, 0) is 6.42 Å². The van der Waals surface area contributed by atoms with Crippen LogP contribution in [0.15, 0.2) is 24.3 Å². The summed E-state index contributed by atoms with van der Waals surface area (Å²) in [7, 11) is 0. The fraction of sp³-hybridized carbons (Fsp3) is 0.667. The highest BCUT2D eigenvalue weighted by Crippen LogP contribution is 2.37. The second kappa shape index (κ2) is 7.07. The zero-order valence-electron chi connectivity index (χ0n) is 12.4. The third kappa shape index (κ3) is 4.33. The summed E-state index contributed by atoms with van der Waals surface area (Å²) in [6.07, 6.45) is 7.99. The van der Waals surface area contributed by atoms with E-state index in [4.69, 9.17) is 0 Å². The molecule has 1 aliphatic carbocycles. The minimum atomic E-state index is -0.740. The fourth-order valence-corrected chi connectivity index (χ4v) is 3.44. The first kappa shape index (κ1) is 14.6. The molecule has 0 heterocycles. The third-order valence-electron chi connectivity index (χ3n) is 4.51. The summed E-state index contributed by atoms with van der Waals surface area (Å²) < 4.78 is 13.0. The Balaban J connectivity index is 1.89. The summed E-state index contributed by atoms with van der Waals surface area (Å²) in [5.41, 5.74) is 2.59. The van der Waals surface area contributed by atoms with Gasteiger partial charge in [-0.05, 0) is 55.6 Å². The van der Waals surface area contributed by atoms with Crippen molar-refractivity contribution in [3.05, 3.63) is 35.4 Å². The molecule has 1 saturated carbocycles. The van der Waals surface area contributed by atoms with Crippen molar-refractivity contribution >= 4 is 0 Å². The lowest BCUT2D eigenvalue weighted by molar-refractivity contribution is 0.308. The lowest BCUT2D eigenvalue weighted by atomic mass is 9.77. The second-order valence-corrected chi connectivity index (χ2v) is 6.23. The van der Waals surface area contributed by atoms with Crippen LogP contribution >= 0.6 is 0 Å². The predicted molar refractivity (Wildman–Crippen MR) is 80.3 cm³/mol. The highest BCUT2D eigenvalue weighted by atomic mass is 19.1. The van der Waals surface area contributed by atoms with Gasteiger partial charge in [0.05, 0.1) is 0 Å². The molecule has 1 heteroatoms. The van der Waals surface area contributed by atoms with Crippen LogP contribution in [0.2, 0.25) is 0 Å².